The second-order valence-corrected chi connectivity index (χ2v) is 4.68. The van der Waals surface area contributed by atoms with Crippen LogP contribution in [0, 0.1) is 0 Å². The van der Waals surface area contributed by atoms with E-state index in [-0.39, 0.29) is 0 Å². The van der Waals surface area contributed by atoms with Gasteiger partial charge in [0.1, 0.15) is 0 Å². The van der Waals surface area contributed by atoms with Crippen molar-refractivity contribution < 1.29 is 4.74 Å². The number of hydrogen-bond acceptors (Lipinski definition) is 2. The molecule has 0 aromatic heterocycles. The number of benzene rings is 1. The third-order valence-corrected chi connectivity index (χ3v) is 3.23. The van der Waals surface area contributed by atoms with Gasteiger partial charge in [-0.2, -0.15) is 0 Å². The second kappa shape index (κ2) is 7.70. The van der Waals surface area contributed by atoms with Crippen LogP contribution in [0.5, 0.6) is 0 Å². The molecule has 0 bridgehead atoms. The van der Waals surface area contributed by atoms with Gasteiger partial charge in [0.25, 0.3) is 0 Å². The highest BCUT2D eigenvalue weighted by Crippen LogP contribution is 2.20. The minimum absolute atomic E-state index is 0.368. The monoisotopic (exact) mass is 255 g/mol. The fourth-order valence-corrected chi connectivity index (χ4v) is 2.04. The van der Waals surface area contributed by atoms with Crippen LogP contribution in [0.15, 0.2) is 24.3 Å². The van der Waals surface area contributed by atoms with Gasteiger partial charge in [-0.15, -0.1) is 0 Å². The van der Waals surface area contributed by atoms with Crippen LogP contribution >= 0.6 is 11.6 Å². The Balaban J connectivity index is 2.67. The van der Waals surface area contributed by atoms with Crippen molar-refractivity contribution in [3.05, 3.63) is 34.9 Å². The van der Waals surface area contributed by atoms with Crippen molar-refractivity contribution in [3.8, 4) is 0 Å². The average molecular weight is 256 g/mol. The van der Waals surface area contributed by atoms with E-state index in [1.165, 1.54) is 5.56 Å². The summed E-state index contributed by atoms with van der Waals surface area (Å²) < 4.78 is 5.21. The summed E-state index contributed by atoms with van der Waals surface area (Å²) in [5, 5.41) is 4.41. The molecule has 0 aliphatic carbocycles. The largest absolute Gasteiger partial charge is 0.383 e. The summed E-state index contributed by atoms with van der Waals surface area (Å²) in [5.74, 6) is 0. The molecule has 0 fully saturated rings. The first kappa shape index (κ1) is 14.5. The summed E-state index contributed by atoms with van der Waals surface area (Å²) in [6.07, 6.45) is 2.12. The Bertz CT molecular complexity index is 313. The molecule has 0 saturated carbocycles. The lowest BCUT2D eigenvalue weighted by atomic mass is 10.0. The van der Waals surface area contributed by atoms with E-state index in [2.05, 4.69) is 31.3 Å². The highest BCUT2D eigenvalue weighted by molar-refractivity contribution is 6.30. The highest BCUT2D eigenvalue weighted by Gasteiger charge is 2.14. The Kier molecular flexibility index (Phi) is 6.56. The van der Waals surface area contributed by atoms with Crippen LogP contribution in [-0.4, -0.2) is 19.8 Å². The molecule has 0 saturated heterocycles. The fraction of sp³-hybridized carbons (Fsp3) is 0.571. The van der Waals surface area contributed by atoms with Crippen LogP contribution in [0.1, 0.15) is 38.3 Å². The number of hydrogen-bond donors (Lipinski definition) is 1. The second-order valence-electron chi connectivity index (χ2n) is 4.24. The maximum absolute atomic E-state index is 5.90. The minimum atomic E-state index is 0.368. The Morgan fingerprint density at radius 1 is 1.18 bits per heavy atom. The van der Waals surface area contributed by atoms with E-state index in [0.717, 1.165) is 24.5 Å². The Hall–Kier alpha value is -0.570. The molecule has 0 spiro atoms. The first-order valence-electron chi connectivity index (χ1n) is 6.21. The molecule has 1 aromatic rings. The van der Waals surface area contributed by atoms with Crippen LogP contribution in [0.4, 0.5) is 0 Å². The lowest BCUT2D eigenvalue weighted by Crippen LogP contribution is -2.35. The van der Waals surface area contributed by atoms with Crippen LogP contribution in [0.25, 0.3) is 0 Å². The van der Waals surface area contributed by atoms with Gasteiger partial charge in [-0.25, -0.2) is 0 Å². The number of methoxy groups -OCH3 is 1. The van der Waals surface area contributed by atoms with Crippen molar-refractivity contribution in [3.63, 3.8) is 0 Å². The zero-order valence-corrected chi connectivity index (χ0v) is 11.6. The van der Waals surface area contributed by atoms with Crippen molar-refractivity contribution in [2.45, 2.75) is 38.8 Å². The standard InChI is InChI=1S/C14H22ClNO/c1-4-13(10-17-3)16-14(5-2)11-6-8-12(15)9-7-11/h6-9,13-14,16H,4-5,10H2,1-3H3. The lowest BCUT2D eigenvalue weighted by molar-refractivity contribution is 0.158. The van der Waals surface area contributed by atoms with Crippen LogP contribution in [0.2, 0.25) is 5.02 Å². The van der Waals surface area contributed by atoms with Gasteiger partial charge in [-0.05, 0) is 30.5 Å². The van der Waals surface area contributed by atoms with Crippen LogP contribution < -0.4 is 5.32 Å². The minimum Gasteiger partial charge on any atom is -0.383 e. The fourth-order valence-electron chi connectivity index (χ4n) is 1.91. The van der Waals surface area contributed by atoms with Crippen LogP contribution in [0.3, 0.4) is 0 Å². The molecule has 1 rings (SSSR count). The highest BCUT2D eigenvalue weighted by atomic mass is 35.5. The van der Waals surface area contributed by atoms with Gasteiger partial charge in [0.05, 0.1) is 6.61 Å². The van der Waals surface area contributed by atoms with Crippen molar-refractivity contribution in [2.24, 2.45) is 0 Å². The van der Waals surface area contributed by atoms with E-state index in [1.54, 1.807) is 7.11 Å². The zero-order valence-electron chi connectivity index (χ0n) is 10.9. The summed E-state index contributed by atoms with van der Waals surface area (Å²) in [6.45, 7) is 5.11. The van der Waals surface area contributed by atoms with Gasteiger partial charge in [-0.1, -0.05) is 37.6 Å². The number of rotatable bonds is 7. The predicted molar refractivity (Wildman–Crippen MR) is 73.6 cm³/mol. The Morgan fingerprint density at radius 2 is 1.82 bits per heavy atom. The molecular weight excluding hydrogens is 234 g/mol. The molecule has 1 aromatic carbocycles. The van der Waals surface area contributed by atoms with E-state index in [1.807, 2.05) is 12.1 Å². The molecule has 0 amide bonds. The van der Waals surface area contributed by atoms with Crippen molar-refractivity contribution >= 4 is 11.6 Å². The van der Waals surface area contributed by atoms with E-state index in [0.29, 0.717) is 12.1 Å². The quantitative estimate of drug-likeness (QED) is 0.800. The molecule has 0 radical (unpaired) electrons. The van der Waals surface area contributed by atoms with Gasteiger partial charge in [-0.3, -0.25) is 0 Å². The molecule has 0 heterocycles. The summed E-state index contributed by atoms with van der Waals surface area (Å²) >= 11 is 5.90. The summed E-state index contributed by atoms with van der Waals surface area (Å²) in [7, 11) is 1.74. The molecule has 3 heteroatoms. The van der Waals surface area contributed by atoms with Gasteiger partial charge in [0, 0.05) is 24.2 Å². The summed E-state index contributed by atoms with van der Waals surface area (Å²) in [5.41, 5.74) is 1.28. The molecule has 2 atom stereocenters. The molecule has 2 unspecified atom stereocenters. The Morgan fingerprint density at radius 3 is 2.29 bits per heavy atom. The van der Waals surface area contributed by atoms with Crippen molar-refractivity contribution in [1.29, 1.82) is 0 Å². The van der Waals surface area contributed by atoms with Gasteiger partial charge in [0.15, 0.2) is 0 Å². The van der Waals surface area contributed by atoms with Crippen molar-refractivity contribution in [2.75, 3.05) is 13.7 Å². The molecule has 0 aliphatic heterocycles. The first-order valence-corrected chi connectivity index (χ1v) is 6.59. The van der Waals surface area contributed by atoms with Gasteiger partial charge < -0.3 is 10.1 Å². The number of ether oxygens (including phenoxy) is 1. The summed E-state index contributed by atoms with van der Waals surface area (Å²) in [4.78, 5) is 0. The van der Waals surface area contributed by atoms with E-state index in [9.17, 15) is 0 Å². The molecule has 0 aliphatic rings. The maximum atomic E-state index is 5.90. The normalized spacial score (nSPS) is 14.6. The third kappa shape index (κ3) is 4.66. The Labute approximate surface area is 109 Å². The lowest BCUT2D eigenvalue weighted by Gasteiger charge is -2.24. The first-order chi connectivity index (χ1) is 8.21. The van der Waals surface area contributed by atoms with Crippen molar-refractivity contribution in [1.82, 2.24) is 5.32 Å². The molecule has 1 N–H and O–H groups in total. The summed E-state index contributed by atoms with van der Waals surface area (Å²) in [6, 6.07) is 8.83. The topological polar surface area (TPSA) is 21.3 Å². The third-order valence-electron chi connectivity index (χ3n) is 2.98. The predicted octanol–water partition coefficient (Wildman–Crippen LogP) is 3.81. The maximum Gasteiger partial charge on any atom is 0.0615 e. The van der Waals surface area contributed by atoms with E-state index in [4.69, 9.17) is 16.3 Å². The van der Waals surface area contributed by atoms with E-state index < -0.39 is 0 Å². The van der Waals surface area contributed by atoms with E-state index >= 15 is 0 Å². The molecule has 2 nitrogen and oxygen atoms in total. The molecule has 17 heavy (non-hydrogen) atoms. The number of nitrogens with one attached hydrogen (secondary N) is 1. The van der Waals surface area contributed by atoms with Gasteiger partial charge >= 0.3 is 0 Å². The molecule has 96 valence electrons. The SMILES string of the molecule is CCC(COC)NC(CC)c1ccc(Cl)cc1. The number of halogens is 1. The van der Waals surface area contributed by atoms with Gasteiger partial charge in [0.2, 0.25) is 0 Å². The smallest absolute Gasteiger partial charge is 0.0615 e. The average Bonchev–Trinajstić information content (AvgIpc) is 2.36. The molecular formula is C14H22ClNO. The van der Waals surface area contributed by atoms with Crippen LogP contribution in [-0.2, 0) is 4.74 Å². The zero-order chi connectivity index (χ0) is 12.7.